The van der Waals surface area contributed by atoms with E-state index in [0.717, 1.165) is 6.42 Å². The quantitative estimate of drug-likeness (QED) is 0.595. The zero-order valence-electron chi connectivity index (χ0n) is 10.0. The molecule has 0 aliphatic carbocycles. The van der Waals surface area contributed by atoms with Gasteiger partial charge in [0.2, 0.25) is 5.91 Å². The first-order valence-corrected chi connectivity index (χ1v) is 5.47. The van der Waals surface area contributed by atoms with E-state index in [0.29, 0.717) is 26.2 Å². The molecule has 90 valence electrons. The standard InChI is InChI=1S/C11H23NO3/c1-4-15-7-5-6-10(14)12-8-11(2,3)9-13/h13H,4-9H2,1-3H3,(H,12,14). The Labute approximate surface area is 92.0 Å². The fraction of sp³-hybridized carbons (Fsp3) is 0.909. The SMILES string of the molecule is CCOCCCC(=O)NCC(C)(C)CO. The van der Waals surface area contributed by atoms with Gasteiger partial charge in [0.25, 0.3) is 0 Å². The predicted octanol–water partition coefficient (Wildman–Crippen LogP) is 0.938. The average Bonchev–Trinajstić information content (AvgIpc) is 2.22. The van der Waals surface area contributed by atoms with Gasteiger partial charge in [0.1, 0.15) is 0 Å². The van der Waals surface area contributed by atoms with Crippen molar-refractivity contribution in [3.05, 3.63) is 0 Å². The highest BCUT2D eigenvalue weighted by molar-refractivity contribution is 5.75. The third kappa shape index (κ3) is 8.39. The molecule has 0 saturated carbocycles. The molecule has 4 nitrogen and oxygen atoms in total. The number of nitrogens with one attached hydrogen (secondary N) is 1. The highest BCUT2D eigenvalue weighted by atomic mass is 16.5. The van der Waals surface area contributed by atoms with Gasteiger partial charge in [-0.2, -0.15) is 0 Å². The van der Waals surface area contributed by atoms with E-state index in [-0.39, 0.29) is 17.9 Å². The summed E-state index contributed by atoms with van der Waals surface area (Å²) in [5.74, 6) is 0.0243. The van der Waals surface area contributed by atoms with Gasteiger partial charge in [-0.3, -0.25) is 4.79 Å². The van der Waals surface area contributed by atoms with Gasteiger partial charge in [-0.25, -0.2) is 0 Å². The van der Waals surface area contributed by atoms with E-state index >= 15 is 0 Å². The molecule has 0 atom stereocenters. The smallest absolute Gasteiger partial charge is 0.220 e. The minimum Gasteiger partial charge on any atom is -0.396 e. The van der Waals surface area contributed by atoms with Crippen molar-refractivity contribution in [3.63, 3.8) is 0 Å². The van der Waals surface area contributed by atoms with Crippen LogP contribution in [0.3, 0.4) is 0 Å². The van der Waals surface area contributed by atoms with E-state index in [2.05, 4.69) is 5.32 Å². The molecule has 0 aromatic carbocycles. The third-order valence-corrected chi connectivity index (χ3v) is 2.09. The van der Waals surface area contributed by atoms with Crippen LogP contribution in [-0.2, 0) is 9.53 Å². The number of carbonyl (C=O) groups excluding carboxylic acids is 1. The lowest BCUT2D eigenvalue weighted by Gasteiger charge is -2.21. The molecule has 0 aromatic rings. The monoisotopic (exact) mass is 217 g/mol. The normalized spacial score (nSPS) is 11.5. The Morgan fingerprint density at radius 2 is 2.13 bits per heavy atom. The number of hydrogen-bond acceptors (Lipinski definition) is 3. The van der Waals surface area contributed by atoms with E-state index in [9.17, 15) is 4.79 Å². The molecule has 0 heterocycles. The number of hydrogen-bond donors (Lipinski definition) is 2. The summed E-state index contributed by atoms with van der Waals surface area (Å²) in [6, 6.07) is 0. The molecule has 0 radical (unpaired) electrons. The summed E-state index contributed by atoms with van der Waals surface area (Å²) in [7, 11) is 0. The highest BCUT2D eigenvalue weighted by Crippen LogP contribution is 2.11. The van der Waals surface area contributed by atoms with Crippen molar-refractivity contribution in [2.24, 2.45) is 5.41 Å². The largest absolute Gasteiger partial charge is 0.396 e. The lowest BCUT2D eigenvalue weighted by Crippen LogP contribution is -2.36. The first-order valence-electron chi connectivity index (χ1n) is 5.47. The molecule has 0 unspecified atom stereocenters. The van der Waals surface area contributed by atoms with Crippen molar-refractivity contribution in [1.29, 1.82) is 0 Å². The Bertz CT molecular complexity index is 181. The van der Waals surface area contributed by atoms with Crippen molar-refractivity contribution < 1.29 is 14.6 Å². The van der Waals surface area contributed by atoms with Crippen LogP contribution < -0.4 is 5.32 Å². The Kier molecular flexibility index (Phi) is 7.34. The summed E-state index contributed by atoms with van der Waals surface area (Å²) in [6.07, 6.45) is 1.24. The van der Waals surface area contributed by atoms with Crippen molar-refractivity contribution in [2.45, 2.75) is 33.6 Å². The molecule has 4 heteroatoms. The lowest BCUT2D eigenvalue weighted by molar-refractivity contribution is -0.122. The molecule has 2 N–H and O–H groups in total. The zero-order valence-corrected chi connectivity index (χ0v) is 10.0. The maximum absolute atomic E-state index is 11.3. The van der Waals surface area contributed by atoms with Crippen LogP contribution in [0.1, 0.15) is 33.6 Å². The molecular weight excluding hydrogens is 194 g/mol. The second kappa shape index (κ2) is 7.65. The van der Waals surface area contributed by atoms with Gasteiger partial charge in [0.15, 0.2) is 0 Å². The molecule has 0 fully saturated rings. The topological polar surface area (TPSA) is 58.6 Å². The molecule has 15 heavy (non-hydrogen) atoms. The minimum absolute atomic E-state index is 0.0243. The van der Waals surface area contributed by atoms with Crippen molar-refractivity contribution in [3.8, 4) is 0 Å². The van der Waals surface area contributed by atoms with Crippen LogP contribution in [0.25, 0.3) is 0 Å². The van der Waals surface area contributed by atoms with E-state index in [1.54, 1.807) is 0 Å². The fourth-order valence-corrected chi connectivity index (χ4v) is 0.961. The molecule has 0 aromatic heterocycles. The summed E-state index contributed by atoms with van der Waals surface area (Å²) >= 11 is 0. The van der Waals surface area contributed by atoms with Crippen LogP contribution in [0.4, 0.5) is 0 Å². The first-order chi connectivity index (χ1) is 7.02. The number of amides is 1. The van der Waals surface area contributed by atoms with Crippen LogP contribution in [-0.4, -0.2) is 37.4 Å². The predicted molar refractivity (Wildman–Crippen MR) is 59.6 cm³/mol. The Balaban J connectivity index is 3.49. The van der Waals surface area contributed by atoms with Crippen LogP contribution >= 0.6 is 0 Å². The summed E-state index contributed by atoms with van der Waals surface area (Å²) in [5.41, 5.74) is -0.240. The fourth-order valence-electron chi connectivity index (χ4n) is 0.961. The van der Waals surface area contributed by atoms with Crippen LogP contribution in [0, 0.1) is 5.41 Å². The van der Waals surface area contributed by atoms with Gasteiger partial charge < -0.3 is 15.2 Å². The molecule has 0 saturated heterocycles. The van der Waals surface area contributed by atoms with Gasteiger partial charge in [-0.05, 0) is 13.3 Å². The van der Waals surface area contributed by atoms with E-state index in [1.807, 2.05) is 20.8 Å². The summed E-state index contributed by atoms with van der Waals surface area (Å²) in [5, 5.41) is 11.8. The highest BCUT2D eigenvalue weighted by Gasteiger charge is 2.16. The molecule has 0 aliphatic heterocycles. The molecular formula is C11H23NO3. The van der Waals surface area contributed by atoms with Crippen LogP contribution in [0.15, 0.2) is 0 Å². The summed E-state index contributed by atoms with van der Waals surface area (Å²) in [6.45, 7) is 7.67. The van der Waals surface area contributed by atoms with Crippen molar-refractivity contribution >= 4 is 5.91 Å². The molecule has 0 aliphatic rings. The van der Waals surface area contributed by atoms with Crippen LogP contribution in [0.5, 0.6) is 0 Å². The van der Waals surface area contributed by atoms with Gasteiger partial charge in [-0.1, -0.05) is 13.8 Å². The average molecular weight is 217 g/mol. The van der Waals surface area contributed by atoms with Gasteiger partial charge in [0, 0.05) is 38.2 Å². The number of aliphatic hydroxyl groups excluding tert-OH is 1. The minimum atomic E-state index is -0.240. The summed E-state index contributed by atoms with van der Waals surface area (Å²) < 4.78 is 5.13. The van der Waals surface area contributed by atoms with Crippen LogP contribution in [0.2, 0.25) is 0 Å². The number of aliphatic hydroxyl groups is 1. The molecule has 0 rings (SSSR count). The second-order valence-corrected chi connectivity index (χ2v) is 4.40. The molecule has 0 spiro atoms. The maximum atomic E-state index is 11.3. The number of carbonyl (C=O) groups is 1. The Morgan fingerprint density at radius 3 is 2.67 bits per heavy atom. The first kappa shape index (κ1) is 14.4. The van der Waals surface area contributed by atoms with E-state index in [1.165, 1.54) is 0 Å². The molecule has 1 amide bonds. The summed E-state index contributed by atoms with van der Waals surface area (Å²) in [4.78, 5) is 11.3. The second-order valence-electron chi connectivity index (χ2n) is 4.40. The molecule has 0 bridgehead atoms. The number of rotatable bonds is 8. The van der Waals surface area contributed by atoms with Gasteiger partial charge in [-0.15, -0.1) is 0 Å². The van der Waals surface area contributed by atoms with Gasteiger partial charge in [0.05, 0.1) is 0 Å². The Morgan fingerprint density at radius 1 is 1.47 bits per heavy atom. The van der Waals surface area contributed by atoms with E-state index in [4.69, 9.17) is 9.84 Å². The van der Waals surface area contributed by atoms with Gasteiger partial charge >= 0.3 is 0 Å². The maximum Gasteiger partial charge on any atom is 0.220 e. The number of ether oxygens (including phenoxy) is 1. The zero-order chi connectivity index (χ0) is 11.7. The van der Waals surface area contributed by atoms with Crippen molar-refractivity contribution in [1.82, 2.24) is 5.32 Å². The lowest BCUT2D eigenvalue weighted by atomic mass is 9.95. The Hall–Kier alpha value is -0.610. The van der Waals surface area contributed by atoms with Crippen molar-refractivity contribution in [2.75, 3.05) is 26.4 Å². The third-order valence-electron chi connectivity index (χ3n) is 2.09. The van der Waals surface area contributed by atoms with E-state index < -0.39 is 0 Å².